The van der Waals surface area contributed by atoms with Crippen LogP contribution in [0.4, 0.5) is 10.1 Å². The summed E-state index contributed by atoms with van der Waals surface area (Å²) in [6, 6.07) is 8.25. The van der Waals surface area contributed by atoms with Crippen molar-refractivity contribution < 1.29 is 17.6 Å². The zero-order valence-corrected chi connectivity index (χ0v) is 24.9. The van der Waals surface area contributed by atoms with Gasteiger partial charge in [-0.3, -0.25) is 19.9 Å². The van der Waals surface area contributed by atoms with E-state index in [9.17, 15) is 17.6 Å². The third kappa shape index (κ3) is 6.32. The fraction of sp³-hybridized carbons (Fsp3) is 0.226. The third-order valence-corrected chi connectivity index (χ3v) is 8.13. The molecule has 0 saturated heterocycles. The minimum Gasteiger partial charge on any atom is -0.335 e. The molecule has 0 saturated carbocycles. The van der Waals surface area contributed by atoms with Crippen LogP contribution in [0.1, 0.15) is 31.7 Å². The van der Waals surface area contributed by atoms with Crippen molar-refractivity contribution in [3.05, 3.63) is 72.7 Å². The van der Waals surface area contributed by atoms with E-state index >= 15 is 0 Å². The molecule has 0 aliphatic rings. The Morgan fingerprint density at radius 1 is 0.977 bits per heavy atom. The molecule has 224 valence electrons. The number of nitrogens with zero attached hydrogens (tertiary/aromatic N) is 5. The number of hydrogen-bond acceptors (Lipinski definition) is 8. The number of unbranched alkanes of at least 4 members (excludes halogenated alkanes) is 1. The summed E-state index contributed by atoms with van der Waals surface area (Å²) in [4.78, 5) is 33.5. The van der Waals surface area contributed by atoms with Crippen molar-refractivity contribution in [1.29, 1.82) is 0 Å². The number of carbonyl (C=O) groups is 1. The van der Waals surface area contributed by atoms with Crippen LogP contribution in [-0.2, 0) is 21.1 Å². The van der Waals surface area contributed by atoms with Crippen LogP contribution >= 0.6 is 0 Å². The third-order valence-electron chi connectivity index (χ3n) is 7.18. The number of rotatable bonds is 10. The topological polar surface area (TPSA) is 159 Å². The Morgan fingerprint density at radius 2 is 1.80 bits per heavy atom. The zero-order chi connectivity index (χ0) is 30.8. The van der Waals surface area contributed by atoms with E-state index in [0.29, 0.717) is 62.4 Å². The van der Waals surface area contributed by atoms with Crippen LogP contribution in [0.15, 0.2) is 61.3 Å². The number of hydrogen-bond donors (Lipinski definition) is 3. The summed E-state index contributed by atoms with van der Waals surface area (Å²) < 4.78 is 37.9. The van der Waals surface area contributed by atoms with Gasteiger partial charge in [-0.15, -0.1) is 0 Å². The maximum Gasteiger partial charge on any atom is 0.224 e. The molecule has 0 aliphatic heterocycles. The van der Waals surface area contributed by atoms with E-state index in [1.807, 2.05) is 19.1 Å². The molecule has 1 amide bonds. The van der Waals surface area contributed by atoms with Gasteiger partial charge in [0.05, 0.1) is 40.3 Å². The van der Waals surface area contributed by atoms with Crippen molar-refractivity contribution in [2.45, 2.75) is 32.6 Å². The number of aromatic amines is 2. The van der Waals surface area contributed by atoms with Crippen LogP contribution in [0.5, 0.6) is 0 Å². The Hall–Kier alpha value is -5.04. The molecule has 5 heterocycles. The molecular formula is C31H29FN8O3S. The highest BCUT2D eigenvalue weighted by atomic mass is 32.2. The number of aromatic nitrogens is 7. The number of pyridine rings is 3. The minimum absolute atomic E-state index is 0.0568. The van der Waals surface area contributed by atoms with Gasteiger partial charge in [0.2, 0.25) is 5.91 Å². The van der Waals surface area contributed by atoms with Gasteiger partial charge in [0.15, 0.2) is 11.5 Å². The van der Waals surface area contributed by atoms with Crippen LogP contribution < -0.4 is 5.32 Å². The number of carbonyl (C=O) groups excluding carboxylic acids is 1. The molecule has 11 nitrogen and oxygen atoms in total. The Morgan fingerprint density at radius 3 is 2.61 bits per heavy atom. The Bertz CT molecular complexity index is 2120. The lowest BCUT2D eigenvalue weighted by atomic mass is 10.0. The molecule has 6 rings (SSSR count). The fourth-order valence-corrected chi connectivity index (χ4v) is 5.59. The molecular weight excluding hydrogens is 583 g/mol. The maximum absolute atomic E-state index is 14.6. The fourth-order valence-electron chi connectivity index (χ4n) is 4.98. The number of amides is 1. The number of aryl methyl sites for hydroxylation is 1. The Balaban J connectivity index is 1.35. The number of anilines is 1. The minimum atomic E-state index is -3.21. The standard InChI is InChI=1S/C31H29FN8O3S/c1-3-4-5-27(41)36-23-11-20(13-33-15-23)21-12-24-29(39-40-30(24)35-14-21)31-37-26-17-34-16-25(28(26)38-31)19-8-18(9-22(32)10-19)6-7-44(2,42)43/h8-17H,3-7H2,1-2H3,(H,36,41)(H,37,38)(H,35,39,40). The molecule has 5 aromatic heterocycles. The van der Waals surface area contributed by atoms with Gasteiger partial charge in [-0.2, -0.15) is 5.10 Å². The average Bonchev–Trinajstić information content (AvgIpc) is 3.62. The number of nitrogens with one attached hydrogen (secondary N) is 3. The Labute approximate surface area is 252 Å². The van der Waals surface area contributed by atoms with E-state index in [0.717, 1.165) is 30.2 Å². The van der Waals surface area contributed by atoms with Crippen molar-refractivity contribution in [3.63, 3.8) is 0 Å². The second kappa shape index (κ2) is 11.9. The van der Waals surface area contributed by atoms with Crippen molar-refractivity contribution in [2.75, 3.05) is 17.3 Å². The lowest BCUT2D eigenvalue weighted by molar-refractivity contribution is -0.116. The van der Waals surface area contributed by atoms with Gasteiger partial charge in [0.1, 0.15) is 21.3 Å². The van der Waals surface area contributed by atoms with E-state index in [2.05, 4.69) is 35.5 Å². The van der Waals surface area contributed by atoms with Gasteiger partial charge < -0.3 is 10.3 Å². The van der Waals surface area contributed by atoms with E-state index in [1.165, 1.54) is 12.1 Å². The van der Waals surface area contributed by atoms with Crippen molar-refractivity contribution in [3.8, 4) is 33.8 Å². The average molecular weight is 613 g/mol. The molecule has 3 N–H and O–H groups in total. The normalized spacial score (nSPS) is 11.8. The molecule has 0 unspecified atom stereocenters. The van der Waals surface area contributed by atoms with Gasteiger partial charge in [-0.25, -0.2) is 22.8 Å². The highest BCUT2D eigenvalue weighted by molar-refractivity contribution is 7.90. The quantitative estimate of drug-likeness (QED) is 0.183. The second-order valence-corrected chi connectivity index (χ2v) is 13.0. The van der Waals surface area contributed by atoms with Gasteiger partial charge in [0, 0.05) is 48.0 Å². The molecule has 1 aromatic carbocycles. The summed E-state index contributed by atoms with van der Waals surface area (Å²) in [5.74, 6) is -0.129. The summed E-state index contributed by atoms with van der Waals surface area (Å²) in [5, 5.41) is 11.0. The highest BCUT2D eigenvalue weighted by Gasteiger charge is 2.18. The van der Waals surface area contributed by atoms with Crippen LogP contribution in [0.3, 0.4) is 0 Å². The van der Waals surface area contributed by atoms with Crippen molar-refractivity contribution in [2.24, 2.45) is 0 Å². The summed E-state index contributed by atoms with van der Waals surface area (Å²) in [5.41, 5.74) is 6.13. The molecule has 0 atom stereocenters. The summed E-state index contributed by atoms with van der Waals surface area (Å²) >= 11 is 0. The molecule has 44 heavy (non-hydrogen) atoms. The van der Waals surface area contributed by atoms with E-state index in [-0.39, 0.29) is 18.1 Å². The smallest absolute Gasteiger partial charge is 0.224 e. The molecule has 13 heteroatoms. The second-order valence-electron chi connectivity index (χ2n) is 10.7. The predicted molar refractivity (Wildman–Crippen MR) is 167 cm³/mol. The first-order valence-electron chi connectivity index (χ1n) is 14.1. The molecule has 0 radical (unpaired) electrons. The molecule has 6 aromatic rings. The summed E-state index contributed by atoms with van der Waals surface area (Å²) in [6.45, 7) is 2.04. The van der Waals surface area contributed by atoms with Crippen molar-refractivity contribution in [1.82, 2.24) is 35.1 Å². The predicted octanol–water partition coefficient (Wildman–Crippen LogP) is 5.48. The SMILES string of the molecule is CCCCC(=O)Nc1cncc(-c2cnc3n[nH]c(-c4nc5c(-c6cc(F)cc(CCS(C)(=O)=O)c6)cncc5[nH]4)c3c2)c1. The largest absolute Gasteiger partial charge is 0.335 e. The zero-order valence-electron chi connectivity index (χ0n) is 24.1. The number of fused-ring (bicyclic) bond motifs is 2. The van der Waals surface area contributed by atoms with Crippen LogP contribution in [0, 0.1) is 5.82 Å². The lowest BCUT2D eigenvalue weighted by Gasteiger charge is -2.07. The van der Waals surface area contributed by atoms with Crippen LogP contribution in [0.2, 0.25) is 0 Å². The van der Waals surface area contributed by atoms with E-state index in [1.54, 1.807) is 37.1 Å². The highest BCUT2D eigenvalue weighted by Crippen LogP contribution is 2.33. The lowest BCUT2D eigenvalue weighted by Crippen LogP contribution is -2.11. The van der Waals surface area contributed by atoms with Crippen LogP contribution in [-0.4, -0.2) is 61.5 Å². The maximum atomic E-state index is 14.6. The molecule has 0 fully saturated rings. The molecule has 0 spiro atoms. The van der Waals surface area contributed by atoms with E-state index in [4.69, 9.17) is 4.98 Å². The summed E-state index contributed by atoms with van der Waals surface area (Å²) in [6.07, 6.45) is 11.8. The first-order valence-corrected chi connectivity index (χ1v) is 16.1. The monoisotopic (exact) mass is 612 g/mol. The number of halogens is 1. The van der Waals surface area contributed by atoms with Crippen LogP contribution in [0.25, 0.3) is 55.8 Å². The first-order chi connectivity index (χ1) is 21.2. The molecule has 0 bridgehead atoms. The first kappa shape index (κ1) is 29.1. The number of H-pyrrole nitrogens is 2. The van der Waals surface area contributed by atoms with Crippen molar-refractivity contribution >= 4 is 43.5 Å². The Kier molecular flexibility index (Phi) is 7.87. The number of benzene rings is 1. The number of sulfone groups is 1. The number of imidazole rings is 1. The van der Waals surface area contributed by atoms with Gasteiger partial charge >= 0.3 is 0 Å². The van der Waals surface area contributed by atoms with Gasteiger partial charge in [0.25, 0.3) is 0 Å². The summed E-state index contributed by atoms with van der Waals surface area (Å²) in [7, 11) is -3.21. The van der Waals surface area contributed by atoms with E-state index < -0.39 is 15.7 Å². The van der Waals surface area contributed by atoms with Gasteiger partial charge in [-0.1, -0.05) is 19.4 Å². The van der Waals surface area contributed by atoms with Gasteiger partial charge in [-0.05, 0) is 48.2 Å². The molecule has 0 aliphatic carbocycles.